The average molecular weight is 430 g/mol. The first-order chi connectivity index (χ1) is 14.1. The van der Waals surface area contributed by atoms with Gasteiger partial charge < -0.3 is 14.6 Å². The summed E-state index contributed by atoms with van der Waals surface area (Å²) in [4.78, 5) is 16.1. The second-order valence-electron chi connectivity index (χ2n) is 6.95. The van der Waals surface area contributed by atoms with Crippen molar-refractivity contribution in [3.05, 3.63) is 46.2 Å². The van der Waals surface area contributed by atoms with Gasteiger partial charge in [-0.1, -0.05) is 17.8 Å². The first-order valence-electron chi connectivity index (χ1n) is 9.56. The molecule has 0 aliphatic heterocycles. The Morgan fingerprint density at radius 2 is 2.17 bits per heavy atom. The van der Waals surface area contributed by atoms with Crippen molar-refractivity contribution in [3.63, 3.8) is 0 Å². The Kier molecular flexibility index (Phi) is 6.15. The van der Waals surface area contributed by atoms with Crippen molar-refractivity contribution in [2.75, 3.05) is 11.1 Å². The van der Waals surface area contributed by atoms with Crippen molar-refractivity contribution in [2.24, 2.45) is 7.05 Å². The van der Waals surface area contributed by atoms with Crippen LogP contribution in [0.2, 0.25) is 0 Å². The molecule has 0 radical (unpaired) electrons. The van der Waals surface area contributed by atoms with Crippen LogP contribution >= 0.6 is 23.1 Å². The highest BCUT2D eigenvalue weighted by molar-refractivity contribution is 7.99. The molecule has 3 aromatic rings. The van der Waals surface area contributed by atoms with Gasteiger partial charge in [-0.05, 0) is 55.4 Å². The summed E-state index contributed by atoms with van der Waals surface area (Å²) < 4.78 is 7.93. The zero-order valence-electron chi connectivity index (χ0n) is 16.5. The first kappa shape index (κ1) is 19.9. The summed E-state index contributed by atoms with van der Waals surface area (Å²) in [5.41, 5.74) is 4.13. The molecule has 2 heterocycles. The van der Waals surface area contributed by atoms with E-state index >= 15 is 0 Å². The standard InChI is InChI=1S/C20H23N5O2S2/c1-13-15-6-4-3-5-14(15)7-8-16(13)27-11-17-23-24-20(25(17)2)29-12-18(26)22-19-21-9-10-28-19/h7-10H,3-6,11-12H2,1-2H3,(H,21,22,26). The fraction of sp³-hybridized carbons (Fsp3) is 0.400. The summed E-state index contributed by atoms with van der Waals surface area (Å²) >= 11 is 2.73. The number of hydrogen-bond donors (Lipinski definition) is 1. The normalized spacial score (nSPS) is 13.2. The fourth-order valence-electron chi connectivity index (χ4n) is 3.46. The van der Waals surface area contributed by atoms with Crippen LogP contribution in [-0.4, -0.2) is 31.4 Å². The Bertz CT molecular complexity index is 1000. The SMILES string of the molecule is Cc1c(OCc2nnc(SCC(=O)Nc3nccs3)n2C)ccc2c1CCCC2. The Morgan fingerprint density at radius 1 is 1.31 bits per heavy atom. The number of benzene rings is 1. The number of carbonyl (C=O) groups excluding carboxylic acids is 1. The molecule has 1 aromatic carbocycles. The van der Waals surface area contributed by atoms with E-state index in [0.29, 0.717) is 16.9 Å². The third kappa shape index (κ3) is 4.62. The Balaban J connectivity index is 1.35. The van der Waals surface area contributed by atoms with Crippen LogP contribution in [0.15, 0.2) is 28.9 Å². The van der Waals surface area contributed by atoms with Gasteiger partial charge in [0, 0.05) is 18.6 Å². The summed E-state index contributed by atoms with van der Waals surface area (Å²) in [5, 5.41) is 14.3. The first-order valence-corrected chi connectivity index (χ1v) is 11.4. The minimum Gasteiger partial charge on any atom is -0.485 e. The number of fused-ring (bicyclic) bond motifs is 1. The monoisotopic (exact) mass is 429 g/mol. The third-order valence-electron chi connectivity index (χ3n) is 5.06. The molecular formula is C20H23N5O2S2. The zero-order chi connectivity index (χ0) is 20.2. The van der Waals surface area contributed by atoms with Gasteiger partial charge in [-0.3, -0.25) is 4.79 Å². The van der Waals surface area contributed by atoms with Crippen LogP contribution in [-0.2, 0) is 31.3 Å². The number of anilines is 1. The summed E-state index contributed by atoms with van der Waals surface area (Å²) in [6.07, 6.45) is 6.47. The van der Waals surface area contributed by atoms with E-state index in [-0.39, 0.29) is 11.7 Å². The van der Waals surface area contributed by atoms with Crippen molar-refractivity contribution in [2.45, 2.75) is 44.4 Å². The van der Waals surface area contributed by atoms with Crippen LogP contribution in [0.4, 0.5) is 5.13 Å². The quantitative estimate of drug-likeness (QED) is 0.576. The molecule has 1 aliphatic rings. The van der Waals surface area contributed by atoms with Gasteiger partial charge in [0.1, 0.15) is 12.4 Å². The Morgan fingerprint density at radius 3 is 3.00 bits per heavy atom. The molecule has 4 rings (SSSR count). The van der Waals surface area contributed by atoms with E-state index in [9.17, 15) is 4.79 Å². The van der Waals surface area contributed by atoms with E-state index in [4.69, 9.17) is 4.74 Å². The molecule has 0 spiro atoms. The highest BCUT2D eigenvalue weighted by atomic mass is 32.2. The molecule has 2 aromatic heterocycles. The maximum Gasteiger partial charge on any atom is 0.236 e. The summed E-state index contributed by atoms with van der Waals surface area (Å²) in [6.45, 7) is 2.48. The molecule has 1 N–H and O–H groups in total. The lowest BCUT2D eigenvalue weighted by Gasteiger charge is -2.20. The minimum absolute atomic E-state index is 0.115. The van der Waals surface area contributed by atoms with Gasteiger partial charge in [-0.15, -0.1) is 21.5 Å². The minimum atomic E-state index is -0.115. The van der Waals surface area contributed by atoms with Gasteiger partial charge in [0.25, 0.3) is 0 Å². The molecule has 1 aliphatic carbocycles. The molecule has 29 heavy (non-hydrogen) atoms. The fourth-order valence-corrected chi connectivity index (χ4v) is 4.73. The van der Waals surface area contributed by atoms with Crippen molar-refractivity contribution in [1.29, 1.82) is 0 Å². The summed E-state index contributed by atoms with van der Waals surface area (Å²) in [5.74, 6) is 1.77. The number of carbonyl (C=O) groups is 1. The van der Waals surface area contributed by atoms with E-state index in [2.05, 4.69) is 39.6 Å². The maximum absolute atomic E-state index is 12.0. The van der Waals surface area contributed by atoms with E-state index in [0.717, 1.165) is 24.4 Å². The van der Waals surface area contributed by atoms with Crippen molar-refractivity contribution < 1.29 is 9.53 Å². The van der Waals surface area contributed by atoms with Crippen molar-refractivity contribution >= 4 is 34.1 Å². The van der Waals surface area contributed by atoms with Crippen LogP contribution in [0.5, 0.6) is 5.75 Å². The molecule has 0 unspecified atom stereocenters. The molecule has 152 valence electrons. The van der Waals surface area contributed by atoms with Crippen LogP contribution in [0, 0.1) is 6.92 Å². The molecule has 1 amide bonds. The molecule has 0 bridgehead atoms. The molecule has 0 saturated heterocycles. The maximum atomic E-state index is 12.0. The van der Waals surface area contributed by atoms with Gasteiger partial charge in [0.15, 0.2) is 16.1 Å². The van der Waals surface area contributed by atoms with E-state index in [1.807, 2.05) is 17.0 Å². The number of thiazole rings is 1. The van der Waals surface area contributed by atoms with Crippen LogP contribution in [0.1, 0.15) is 35.4 Å². The topological polar surface area (TPSA) is 81.9 Å². The number of thioether (sulfide) groups is 1. The van der Waals surface area contributed by atoms with Gasteiger partial charge >= 0.3 is 0 Å². The largest absolute Gasteiger partial charge is 0.485 e. The highest BCUT2D eigenvalue weighted by Gasteiger charge is 2.16. The summed E-state index contributed by atoms with van der Waals surface area (Å²) in [6, 6.07) is 4.25. The van der Waals surface area contributed by atoms with Gasteiger partial charge in [-0.2, -0.15) is 0 Å². The van der Waals surface area contributed by atoms with Crippen LogP contribution < -0.4 is 10.1 Å². The number of aromatic nitrogens is 4. The van der Waals surface area contributed by atoms with Crippen molar-refractivity contribution in [3.8, 4) is 5.75 Å². The second kappa shape index (κ2) is 8.96. The number of rotatable bonds is 7. The number of amides is 1. The van der Waals surface area contributed by atoms with Gasteiger partial charge in [-0.25, -0.2) is 4.98 Å². The number of nitrogens with one attached hydrogen (secondary N) is 1. The third-order valence-corrected chi connectivity index (χ3v) is 6.77. The van der Waals surface area contributed by atoms with E-state index in [1.165, 1.54) is 52.6 Å². The lowest BCUT2D eigenvalue weighted by Crippen LogP contribution is -2.14. The number of ether oxygens (including phenoxy) is 1. The predicted octanol–water partition coefficient (Wildman–Crippen LogP) is 3.77. The Hall–Kier alpha value is -2.39. The highest BCUT2D eigenvalue weighted by Crippen LogP contribution is 2.31. The summed E-state index contributed by atoms with van der Waals surface area (Å²) in [7, 11) is 1.89. The predicted molar refractivity (Wildman–Crippen MR) is 115 cm³/mol. The van der Waals surface area contributed by atoms with Gasteiger partial charge in [0.05, 0.1) is 5.75 Å². The number of hydrogen-bond acceptors (Lipinski definition) is 7. The zero-order valence-corrected chi connectivity index (χ0v) is 18.1. The molecule has 0 saturated carbocycles. The lowest BCUT2D eigenvalue weighted by molar-refractivity contribution is -0.113. The molecular weight excluding hydrogens is 406 g/mol. The number of nitrogens with zero attached hydrogens (tertiary/aromatic N) is 4. The Labute approximate surface area is 177 Å². The van der Waals surface area contributed by atoms with Crippen LogP contribution in [0.3, 0.4) is 0 Å². The van der Waals surface area contributed by atoms with E-state index in [1.54, 1.807) is 6.20 Å². The lowest BCUT2D eigenvalue weighted by atomic mass is 9.88. The second-order valence-corrected chi connectivity index (χ2v) is 8.79. The molecule has 0 atom stereocenters. The molecule has 0 fully saturated rings. The smallest absolute Gasteiger partial charge is 0.236 e. The van der Waals surface area contributed by atoms with Gasteiger partial charge in [0.2, 0.25) is 5.91 Å². The van der Waals surface area contributed by atoms with Crippen LogP contribution in [0.25, 0.3) is 0 Å². The average Bonchev–Trinajstić information content (AvgIpc) is 3.36. The van der Waals surface area contributed by atoms with E-state index < -0.39 is 0 Å². The number of aryl methyl sites for hydroxylation is 1. The molecule has 9 heteroatoms. The molecule has 7 nitrogen and oxygen atoms in total. The van der Waals surface area contributed by atoms with Crippen molar-refractivity contribution in [1.82, 2.24) is 19.7 Å².